The highest BCUT2D eigenvalue weighted by molar-refractivity contribution is 7.80. The zero-order chi connectivity index (χ0) is 16.5. The second-order valence-corrected chi connectivity index (χ2v) is 7.44. The van der Waals surface area contributed by atoms with E-state index in [1.165, 1.54) is 0 Å². The number of fused-ring (bicyclic) bond motifs is 1. The molecule has 0 aromatic carbocycles. The lowest BCUT2D eigenvalue weighted by Gasteiger charge is -2.43. The van der Waals surface area contributed by atoms with Crippen LogP contribution in [0.15, 0.2) is 0 Å². The lowest BCUT2D eigenvalue weighted by Crippen LogP contribution is -2.62. The van der Waals surface area contributed by atoms with E-state index in [9.17, 15) is 4.79 Å². The monoisotopic (exact) mass is 329 g/mol. The molecule has 0 unspecified atom stereocenters. The van der Waals surface area contributed by atoms with E-state index in [0.717, 1.165) is 13.0 Å². The van der Waals surface area contributed by atoms with Gasteiger partial charge in [-0.15, -0.1) is 0 Å². The number of rotatable bonds is 3. The first-order valence-corrected chi connectivity index (χ1v) is 8.26. The summed E-state index contributed by atoms with van der Waals surface area (Å²) in [5, 5.41) is 0. The molecule has 2 aliphatic rings. The molecule has 6 nitrogen and oxygen atoms in total. The molecule has 2 rings (SSSR count). The second kappa shape index (κ2) is 6.68. The number of nitrogens with zero attached hydrogens (tertiary/aromatic N) is 2. The molecule has 22 heavy (non-hydrogen) atoms. The van der Waals surface area contributed by atoms with E-state index in [2.05, 4.69) is 4.90 Å². The van der Waals surface area contributed by atoms with Crippen LogP contribution in [0.5, 0.6) is 0 Å². The highest BCUT2D eigenvalue weighted by Gasteiger charge is 2.44. The minimum Gasteiger partial charge on any atom is -0.444 e. The molecule has 0 radical (unpaired) electrons. The Labute approximate surface area is 137 Å². The molecule has 2 fully saturated rings. The summed E-state index contributed by atoms with van der Waals surface area (Å²) >= 11 is 5.16. The molecule has 2 heterocycles. The van der Waals surface area contributed by atoms with Crippen molar-refractivity contribution in [2.75, 3.05) is 26.2 Å². The van der Waals surface area contributed by atoms with E-state index < -0.39 is 5.60 Å². The summed E-state index contributed by atoms with van der Waals surface area (Å²) in [7, 11) is 0. The van der Waals surface area contributed by atoms with Gasteiger partial charge in [0.25, 0.3) is 0 Å². The molecule has 7 heteroatoms. The van der Waals surface area contributed by atoms with Gasteiger partial charge in [0.1, 0.15) is 5.60 Å². The lowest BCUT2D eigenvalue weighted by molar-refractivity contribution is 0.00164. The largest absolute Gasteiger partial charge is 0.444 e. The summed E-state index contributed by atoms with van der Waals surface area (Å²) in [6.45, 7) is 10.4. The maximum absolute atomic E-state index is 12.5. The number of amides is 1. The molecular weight excluding hydrogens is 302 g/mol. The van der Waals surface area contributed by atoms with Crippen LogP contribution in [-0.4, -0.2) is 70.9 Å². The predicted molar refractivity (Wildman–Crippen MR) is 88.9 cm³/mol. The van der Waals surface area contributed by atoms with Crippen molar-refractivity contribution in [1.82, 2.24) is 9.80 Å². The average molecular weight is 329 g/mol. The van der Waals surface area contributed by atoms with Crippen LogP contribution in [0.2, 0.25) is 0 Å². The van der Waals surface area contributed by atoms with Gasteiger partial charge in [-0.05, 0) is 34.1 Å². The minimum absolute atomic E-state index is 0.223. The van der Waals surface area contributed by atoms with E-state index in [0.29, 0.717) is 24.7 Å². The number of carbonyl (C=O) groups excluding carboxylic acids is 1. The maximum atomic E-state index is 12.5. The fraction of sp³-hybridized carbons (Fsp3) is 0.867. The van der Waals surface area contributed by atoms with Crippen LogP contribution in [0.4, 0.5) is 4.79 Å². The van der Waals surface area contributed by atoms with Gasteiger partial charge in [0.05, 0.1) is 17.1 Å². The van der Waals surface area contributed by atoms with Gasteiger partial charge in [0.15, 0.2) is 0 Å². The second-order valence-electron chi connectivity index (χ2n) is 6.97. The Hall–Kier alpha value is -0.920. The van der Waals surface area contributed by atoms with Gasteiger partial charge in [-0.3, -0.25) is 9.80 Å². The fourth-order valence-corrected chi connectivity index (χ4v) is 3.35. The molecule has 3 atom stereocenters. The lowest BCUT2D eigenvalue weighted by atomic mass is 10.1. The SMILES string of the molecule is CCO[C@@H]1C[C@@H]2CN(C(=O)OC(C)(C)C)[C@H](C(N)=S)CN2C1. The quantitative estimate of drug-likeness (QED) is 0.789. The minimum atomic E-state index is -0.529. The first-order chi connectivity index (χ1) is 10.2. The number of carbonyl (C=O) groups is 1. The van der Waals surface area contributed by atoms with Crippen molar-refractivity contribution < 1.29 is 14.3 Å². The molecular formula is C15H27N3O3S. The molecule has 2 aliphatic heterocycles. The number of hydrogen-bond donors (Lipinski definition) is 1. The van der Waals surface area contributed by atoms with Gasteiger partial charge in [-0.25, -0.2) is 4.79 Å². The zero-order valence-corrected chi connectivity index (χ0v) is 14.7. The van der Waals surface area contributed by atoms with E-state index in [1.54, 1.807) is 4.90 Å². The molecule has 2 N–H and O–H groups in total. The third-order valence-electron chi connectivity index (χ3n) is 4.04. The van der Waals surface area contributed by atoms with Crippen molar-refractivity contribution in [3.8, 4) is 0 Å². The van der Waals surface area contributed by atoms with Gasteiger partial charge in [0, 0.05) is 32.3 Å². The van der Waals surface area contributed by atoms with Crippen molar-refractivity contribution in [1.29, 1.82) is 0 Å². The van der Waals surface area contributed by atoms with E-state index in [1.807, 2.05) is 27.7 Å². The van der Waals surface area contributed by atoms with E-state index in [-0.39, 0.29) is 24.3 Å². The molecule has 0 aromatic rings. The van der Waals surface area contributed by atoms with Crippen molar-refractivity contribution in [3.05, 3.63) is 0 Å². The van der Waals surface area contributed by atoms with Crippen LogP contribution in [0.3, 0.4) is 0 Å². The summed E-state index contributed by atoms with van der Waals surface area (Å²) in [6, 6.07) is 0.0103. The van der Waals surface area contributed by atoms with Crippen LogP contribution < -0.4 is 5.73 Å². The fourth-order valence-electron chi connectivity index (χ4n) is 3.15. The van der Waals surface area contributed by atoms with Crippen molar-refractivity contribution in [3.63, 3.8) is 0 Å². The van der Waals surface area contributed by atoms with Gasteiger partial charge < -0.3 is 15.2 Å². The number of hydrogen-bond acceptors (Lipinski definition) is 5. The van der Waals surface area contributed by atoms with Crippen LogP contribution in [0, 0.1) is 0 Å². The van der Waals surface area contributed by atoms with E-state index in [4.69, 9.17) is 27.4 Å². The normalized spacial score (nSPS) is 29.3. The average Bonchev–Trinajstić information content (AvgIpc) is 2.76. The molecule has 1 amide bonds. The molecule has 2 saturated heterocycles. The van der Waals surface area contributed by atoms with Crippen LogP contribution in [0.25, 0.3) is 0 Å². The summed E-state index contributed by atoms with van der Waals surface area (Å²) in [5.74, 6) is 0. The summed E-state index contributed by atoms with van der Waals surface area (Å²) in [6.07, 6.45) is 0.808. The highest BCUT2D eigenvalue weighted by Crippen LogP contribution is 2.28. The van der Waals surface area contributed by atoms with Crippen molar-refractivity contribution in [2.45, 2.75) is 57.9 Å². The van der Waals surface area contributed by atoms with Crippen molar-refractivity contribution >= 4 is 23.3 Å². The summed E-state index contributed by atoms with van der Waals surface area (Å²) in [4.78, 5) is 16.8. The Morgan fingerprint density at radius 2 is 2.00 bits per heavy atom. The molecule has 0 spiro atoms. The molecule has 0 aliphatic carbocycles. The standard InChI is InChI=1S/C15H27N3O3S/c1-5-20-11-6-10-7-18(14(19)21-15(2,3)4)12(13(16)22)9-17(10)8-11/h10-12H,5-9H2,1-4H3,(H2,16,22)/t10-,11-,12+/m1/s1. The Bertz CT molecular complexity index is 438. The smallest absolute Gasteiger partial charge is 0.410 e. The van der Waals surface area contributed by atoms with E-state index >= 15 is 0 Å². The number of thiocarbonyl (C=S) groups is 1. The Morgan fingerprint density at radius 3 is 2.55 bits per heavy atom. The van der Waals surface area contributed by atoms with Gasteiger partial charge in [-0.1, -0.05) is 12.2 Å². The van der Waals surface area contributed by atoms with Gasteiger partial charge >= 0.3 is 6.09 Å². The van der Waals surface area contributed by atoms with Crippen molar-refractivity contribution in [2.24, 2.45) is 5.73 Å². The van der Waals surface area contributed by atoms with Gasteiger partial charge in [0.2, 0.25) is 0 Å². The summed E-state index contributed by atoms with van der Waals surface area (Å²) in [5.41, 5.74) is 5.33. The predicted octanol–water partition coefficient (Wildman–Crippen LogP) is 1.37. The third kappa shape index (κ3) is 4.08. The molecule has 0 aromatic heterocycles. The highest BCUT2D eigenvalue weighted by atomic mass is 32.1. The number of ether oxygens (including phenoxy) is 2. The first kappa shape index (κ1) is 17.4. The molecule has 0 saturated carbocycles. The Kier molecular flexibility index (Phi) is 5.29. The number of piperazine rings is 1. The van der Waals surface area contributed by atoms with Gasteiger partial charge in [-0.2, -0.15) is 0 Å². The Morgan fingerprint density at radius 1 is 1.32 bits per heavy atom. The molecule has 0 bridgehead atoms. The van der Waals surface area contributed by atoms with Crippen LogP contribution in [-0.2, 0) is 9.47 Å². The molecule has 126 valence electrons. The first-order valence-electron chi connectivity index (χ1n) is 7.86. The maximum Gasteiger partial charge on any atom is 0.410 e. The Balaban J connectivity index is 2.09. The van der Waals surface area contributed by atoms with Crippen LogP contribution >= 0.6 is 12.2 Å². The third-order valence-corrected chi connectivity index (χ3v) is 4.31. The zero-order valence-electron chi connectivity index (χ0n) is 13.9. The number of nitrogens with two attached hydrogens (primary N) is 1. The topological polar surface area (TPSA) is 68.0 Å². The summed E-state index contributed by atoms with van der Waals surface area (Å²) < 4.78 is 11.2. The van der Waals surface area contributed by atoms with Crippen LogP contribution in [0.1, 0.15) is 34.1 Å².